The predicted molar refractivity (Wildman–Crippen MR) is 74.3 cm³/mol. The number of hydrogen-bond donors (Lipinski definition) is 1. The van der Waals surface area contributed by atoms with E-state index in [1.54, 1.807) is 19.2 Å². The molecule has 1 aromatic carbocycles. The van der Waals surface area contributed by atoms with Crippen LogP contribution in [0.1, 0.15) is 31.4 Å². The summed E-state index contributed by atoms with van der Waals surface area (Å²) in [6.07, 6.45) is 2.32. The lowest BCUT2D eigenvalue weighted by atomic mass is 10.1. The average Bonchev–Trinajstić information content (AvgIpc) is 3.23. The van der Waals surface area contributed by atoms with Crippen molar-refractivity contribution >= 4 is 10.9 Å². The summed E-state index contributed by atoms with van der Waals surface area (Å²) in [5.41, 5.74) is 1.89. The standard InChI is InChI=1S/C15H17NO3/c1-3-19-15-6-10-12(8-14(15)18-2)16-11(7-13(10)17)9-4-5-9/h6-9H,3-5H2,1-2H3,(H,16,17). The molecule has 2 aromatic rings. The summed E-state index contributed by atoms with van der Waals surface area (Å²) in [7, 11) is 1.60. The fraction of sp³-hybridized carbons (Fsp3) is 0.400. The van der Waals surface area contributed by atoms with Crippen LogP contribution in [0.4, 0.5) is 0 Å². The summed E-state index contributed by atoms with van der Waals surface area (Å²) in [6.45, 7) is 2.45. The first-order valence-electron chi connectivity index (χ1n) is 6.60. The number of fused-ring (bicyclic) bond motifs is 1. The van der Waals surface area contributed by atoms with Gasteiger partial charge in [0, 0.05) is 23.2 Å². The van der Waals surface area contributed by atoms with Crippen LogP contribution in [0.2, 0.25) is 0 Å². The number of aromatic amines is 1. The molecule has 100 valence electrons. The average molecular weight is 259 g/mol. The van der Waals surface area contributed by atoms with Gasteiger partial charge in [-0.1, -0.05) is 0 Å². The second-order valence-electron chi connectivity index (χ2n) is 4.84. The number of ether oxygens (including phenoxy) is 2. The fourth-order valence-electron chi connectivity index (χ4n) is 2.32. The van der Waals surface area contributed by atoms with Gasteiger partial charge in [-0.25, -0.2) is 0 Å². The summed E-state index contributed by atoms with van der Waals surface area (Å²) in [6, 6.07) is 5.31. The second-order valence-corrected chi connectivity index (χ2v) is 4.84. The number of methoxy groups -OCH3 is 1. The van der Waals surface area contributed by atoms with Crippen molar-refractivity contribution in [1.82, 2.24) is 4.98 Å². The summed E-state index contributed by atoms with van der Waals surface area (Å²) >= 11 is 0. The molecule has 1 aliphatic rings. The largest absolute Gasteiger partial charge is 0.493 e. The van der Waals surface area contributed by atoms with Crippen LogP contribution in [0.25, 0.3) is 10.9 Å². The number of H-pyrrole nitrogens is 1. The molecule has 0 atom stereocenters. The third-order valence-electron chi connectivity index (χ3n) is 3.45. The van der Waals surface area contributed by atoms with Crippen LogP contribution in [0.15, 0.2) is 23.0 Å². The Morgan fingerprint density at radius 2 is 2.05 bits per heavy atom. The highest BCUT2D eigenvalue weighted by atomic mass is 16.5. The number of rotatable bonds is 4. The highest BCUT2D eigenvalue weighted by molar-refractivity contribution is 5.82. The number of aromatic nitrogens is 1. The number of hydrogen-bond acceptors (Lipinski definition) is 3. The Morgan fingerprint density at radius 1 is 1.26 bits per heavy atom. The highest BCUT2D eigenvalue weighted by Gasteiger charge is 2.25. The Hall–Kier alpha value is -1.97. The molecule has 1 fully saturated rings. The number of pyridine rings is 1. The molecule has 1 aromatic heterocycles. The van der Waals surface area contributed by atoms with Crippen molar-refractivity contribution < 1.29 is 9.47 Å². The van der Waals surface area contributed by atoms with E-state index < -0.39 is 0 Å². The topological polar surface area (TPSA) is 51.3 Å². The van der Waals surface area contributed by atoms with Crippen LogP contribution in [0, 0.1) is 0 Å². The van der Waals surface area contributed by atoms with Gasteiger partial charge in [0.1, 0.15) is 0 Å². The van der Waals surface area contributed by atoms with Gasteiger partial charge in [0.15, 0.2) is 16.9 Å². The highest BCUT2D eigenvalue weighted by Crippen LogP contribution is 2.39. The van der Waals surface area contributed by atoms with Gasteiger partial charge in [-0.3, -0.25) is 4.79 Å². The molecule has 0 bridgehead atoms. The summed E-state index contributed by atoms with van der Waals surface area (Å²) in [5, 5.41) is 0.647. The first kappa shape index (κ1) is 12.1. The Labute approximate surface area is 111 Å². The van der Waals surface area contributed by atoms with Gasteiger partial charge in [-0.2, -0.15) is 0 Å². The van der Waals surface area contributed by atoms with E-state index in [1.165, 1.54) is 0 Å². The molecule has 0 unspecified atom stereocenters. The minimum Gasteiger partial charge on any atom is -0.493 e. The van der Waals surface area contributed by atoms with Crippen molar-refractivity contribution in [1.29, 1.82) is 0 Å². The minimum absolute atomic E-state index is 0.0410. The molecule has 1 N–H and O–H groups in total. The van der Waals surface area contributed by atoms with Gasteiger partial charge in [0.05, 0.1) is 19.2 Å². The molecular formula is C15H17NO3. The van der Waals surface area contributed by atoms with E-state index in [2.05, 4.69) is 4.98 Å². The monoisotopic (exact) mass is 259 g/mol. The van der Waals surface area contributed by atoms with Crippen molar-refractivity contribution in [2.45, 2.75) is 25.7 Å². The molecule has 1 saturated carbocycles. The SMILES string of the molecule is CCOc1cc2c(=O)cc(C3CC3)[nH]c2cc1OC. The van der Waals surface area contributed by atoms with Crippen LogP contribution < -0.4 is 14.9 Å². The van der Waals surface area contributed by atoms with E-state index in [9.17, 15) is 4.79 Å². The van der Waals surface area contributed by atoms with Gasteiger partial charge < -0.3 is 14.5 Å². The van der Waals surface area contributed by atoms with Crippen molar-refractivity contribution in [3.63, 3.8) is 0 Å². The summed E-state index contributed by atoms with van der Waals surface area (Å²) in [5.74, 6) is 1.79. The summed E-state index contributed by atoms with van der Waals surface area (Å²) in [4.78, 5) is 15.5. The van der Waals surface area contributed by atoms with E-state index in [0.717, 1.165) is 24.1 Å². The van der Waals surface area contributed by atoms with Gasteiger partial charge in [-0.15, -0.1) is 0 Å². The van der Waals surface area contributed by atoms with E-state index in [1.807, 2.05) is 13.0 Å². The smallest absolute Gasteiger partial charge is 0.189 e. The first-order chi connectivity index (χ1) is 9.22. The maximum atomic E-state index is 12.2. The quantitative estimate of drug-likeness (QED) is 0.918. The predicted octanol–water partition coefficient (Wildman–Crippen LogP) is 2.81. The van der Waals surface area contributed by atoms with Gasteiger partial charge in [0.2, 0.25) is 0 Å². The zero-order valence-corrected chi connectivity index (χ0v) is 11.2. The Balaban J connectivity index is 2.20. The van der Waals surface area contributed by atoms with Crippen LogP contribution >= 0.6 is 0 Å². The van der Waals surface area contributed by atoms with Crippen LogP contribution in [-0.4, -0.2) is 18.7 Å². The lowest BCUT2D eigenvalue weighted by molar-refractivity contribution is 0.311. The number of benzene rings is 1. The normalized spacial score (nSPS) is 14.6. The fourth-order valence-corrected chi connectivity index (χ4v) is 2.32. The lowest BCUT2D eigenvalue weighted by Crippen LogP contribution is -2.06. The lowest BCUT2D eigenvalue weighted by Gasteiger charge is -2.11. The Kier molecular flexibility index (Phi) is 2.93. The molecule has 1 heterocycles. The van der Waals surface area contributed by atoms with Gasteiger partial charge in [-0.05, 0) is 31.7 Å². The van der Waals surface area contributed by atoms with E-state index in [-0.39, 0.29) is 5.43 Å². The van der Waals surface area contributed by atoms with Crippen LogP contribution in [-0.2, 0) is 0 Å². The molecule has 0 saturated heterocycles. The molecule has 0 spiro atoms. The van der Waals surface area contributed by atoms with E-state index in [0.29, 0.717) is 29.4 Å². The van der Waals surface area contributed by atoms with Gasteiger partial charge in [0.25, 0.3) is 0 Å². The molecule has 3 rings (SSSR count). The first-order valence-corrected chi connectivity index (χ1v) is 6.60. The molecule has 0 aliphatic heterocycles. The Morgan fingerprint density at radius 3 is 2.68 bits per heavy atom. The zero-order valence-electron chi connectivity index (χ0n) is 11.2. The van der Waals surface area contributed by atoms with Crippen molar-refractivity contribution in [2.24, 2.45) is 0 Å². The van der Waals surface area contributed by atoms with Gasteiger partial charge >= 0.3 is 0 Å². The number of nitrogens with one attached hydrogen (secondary N) is 1. The third-order valence-corrected chi connectivity index (χ3v) is 3.45. The maximum absolute atomic E-state index is 12.2. The van der Waals surface area contributed by atoms with Crippen molar-refractivity contribution in [3.8, 4) is 11.5 Å². The van der Waals surface area contributed by atoms with Crippen LogP contribution in [0.3, 0.4) is 0 Å². The van der Waals surface area contributed by atoms with Crippen molar-refractivity contribution in [2.75, 3.05) is 13.7 Å². The molecule has 19 heavy (non-hydrogen) atoms. The molecule has 0 amide bonds. The summed E-state index contributed by atoms with van der Waals surface area (Å²) < 4.78 is 10.8. The molecule has 0 radical (unpaired) electrons. The second kappa shape index (κ2) is 4.61. The maximum Gasteiger partial charge on any atom is 0.189 e. The Bertz CT molecular complexity index is 671. The van der Waals surface area contributed by atoms with Crippen molar-refractivity contribution in [3.05, 3.63) is 34.1 Å². The van der Waals surface area contributed by atoms with Crippen LogP contribution in [0.5, 0.6) is 11.5 Å². The van der Waals surface area contributed by atoms with E-state index in [4.69, 9.17) is 9.47 Å². The molecule has 1 aliphatic carbocycles. The zero-order chi connectivity index (χ0) is 13.4. The molecule has 4 nitrogen and oxygen atoms in total. The molecular weight excluding hydrogens is 242 g/mol. The minimum atomic E-state index is 0.0410. The van der Waals surface area contributed by atoms with E-state index >= 15 is 0 Å². The third kappa shape index (κ3) is 2.18. The molecule has 4 heteroatoms.